The summed E-state index contributed by atoms with van der Waals surface area (Å²) in [5, 5.41) is 3.45. The monoisotopic (exact) mass is 461 g/mol. The number of hydrogen-bond donors (Lipinski definition) is 1. The van der Waals surface area contributed by atoms with E-state index in [1.165, 1.54) is 0 Å². The molecule has 0 aromatic heterocycles. The third-order valence-electron chi connectivity index (χ3n) is 6.36. The number of benzene rings is 3. The van der Waals surface area contributed by atoms with Gasteiger partial charge < -0.3 is 10.2 Å². The summed E-state index contributed by atoms with van der Waals surface area (Å²) in [7, 11) is -3.47. The van der Waals surface area contributed by atoms with E-state index in [2.05, 4.69) is 5.32 Å². The second kappa shape index (κ2) is 9.00. The van der Waals surface area contributed by atoms with E-state index in [0.717, 1.165) is 36.1 Å². The van der Waals surface area contributed by atoms with E-state index in [1.54, 1.807) is 28.6 Å². The highest BCUT2D eigenvalue weighted by atomic mass is 32.2. The second-order valence-electron chi connectivity index (χ2n) is 8.54. The van der Waals surface area contributed by atoms with E-state index in [0.29, 0.717) is 30.1 Å². The molecule has 7 heteroatoms. The Morgan fingerprint density at radius 2 is 1.48 bits per heavy atom. The number of carbonyl (C=O) groups is 1. The average Bonchev–Trinajstić information content (AvgIpc) is 3.12. The second-order valence-corrected chi connectivity index (χ2v) is 10.5. The molecule has 2 aliphatic heterocycles. The molecule has 1 atom stereocenters. The van der Waals surface area contributed by atoms with Crippen LogP contribution in [0.5, 0.6) is 0 Å². The van der Waals surface area contributed by atoms with Crippen LogP contribution in [0.4, 0.5) is 5.69 Å². The van der Waals surface area contributed by atoms with Gasteiger partial charge in [0.05, 0.1) is 4.90 Å². The van der Waals surface area contributed by atoms with Crippen molar-refractivity contribution in [1.82, 2.24) is 9.21 Å². The number of anilines is 1. The topological polar surface area (TPSA) is 69.7 Å². The first-order valence-corrected chi connectivity index (χ1v) is 12.8. The summed E-state index contributed by atoms with van der Waals surface area (Å²) in [5.41, 5.74) is 3.42. The van der Waals surface area contributed by atoms with Crippen molar-refractivity contribution in [2.24, 2.45) is 0 Å². The summed E-state index contributed by atoms with van der Waals surface area (Å²) in [6.07, 6.45) is 2.56. The number of nitrogens with one attached hydrogen (secondary N) is 1. The zero-order valence-electron chi connectivity index (χ0n) is 18.4. The van der Waals surface area contributed by atoms with Crippen molar-refractivity contribution in [2.45, 2.75) is 36.9 Å². The Labute approximate surface area is 194 Å². The molecule has 2 heterocycles. The molecule has 0 spiro atoms. The van der Waals surface area contributed by atoms with Gasteiger partial charge in [-0.05, 0) is 48.7 Å². The molecule has 1 amide bonds. The van der Waals surface area contributed by atoms with E-state index >= 15 is 0 Å². The molecule has 33 heavy (non-hydrogen) atoms. The number of amides is 1. The van der Waals surface area contributed by atoms with Gasteiger partial charge in [0.2, 0.25) is 10.0 Å². The van der Waals surface area contributed by atoms with Crippen LogP contribution in [0, 0.1) is 0 Å². The van der Waals surface area contributed by atoms with Crippen LogP contribution >= 0.6 is 0 Å². The van der Waals surface area contributed by atoms with Gasteiger partial charge in [0.25, 0.3) is 5.91 Å². The molecule has 0 unspecified atom stereocenters. The van der Waals surface area contributed by atoms with Crippen molar-refractivity contribution in [2.75, 3.05) is 18.4 Å². The molecule has 0 bridgehead atoms. The lowest BCUT2D eigenvalue weighted by Gasteiger charge is -2.28. The highest BCUT2D eigenvalue weighted by Crippen LogP contribution is 2.35. The minimum atomic E-state index is -3.47. The third kappa shape index (κ3) is 4.26. The van der Waals surface area contributed by atoms with Gasteiger partial charge in [0, 0.05) is 36.4 Å². The summed E-state index contributed by atoms with van der Waals surface area (Å²) in [6.45, 7) is 1.64. The van der Waals surface area contributed by atoms with E-state index in [-0.39, 0.29) is 12.1 Å². The molecule has 3 aromatic rings. The molecular weight excluding hydrogens is 434 g/mol. The molecule has 170 valence electrons. The largest absolute Gasteiger partial charge is 0.361 e. The molecule has 2 aliphatic rings. The third-order valence-corrected chi connectivity index (χ3v) is 8.28. The van der Waals surface area contributed by atoms with Crippen LogP contribution in [0.1, 0.15) is 46.9 Å². The number of piperidine rings is 1. The van der Waals surface area contributed by atoms with E-state index < -0.39 is 10.0 Å². The average molecular weight is 462 g/mol. The number of hydrogen-bond acceptors (Lipinski definition) is 4. The Bertz CT molecular complexity index is 1240. The fourth-order valence-electron chi connectivity index (χ4n) is 4.60. The summed E-state index contributed by atoms with van der Waals surface area (Å²) in [4.78, 5) is 15.3. The molecule has 0 aliphatic carbocycles. The first-order chi connectivity index (χ1) is 16.0. The molecule has 0 saturated carbocycles. The van der Waals surface area contributed by atoms with E-state index in [1.807, 2.05) is 59.5 Å². The van der Waals surface area contributed by atoms with Gasteiger partial charge in [0.15, 0.2) is 0 Å². The van der Waals surface area contributed by atoms with Gasteiger partial charge in [-0.3, -0.25) is 4.79 Å². The van der Waals surface area contributed by atoms with Gasteiger partial charge >= 0.3 is 0 Å². The zero-order chi connectivity index (χ0) is 22.8. The van der Waals surface area contributed by atoms with Crippen LogP contribution < -0.4 is 5.32 Å². The lowest BCUT2D eigenvalue weighted by atomic mass is 10.1. The summed E-state index contributed by atoms with van der Waals surface area (Å²) in [6, 6.07) is 24.4. The summed E-state index contributed by atoms with van der Waals surface area (Å²) >= 11 is 0. The maximum absolute atomic E-state index is 13.2. The molecular formula is C26H27N3O3S. The summed E-state index contributed by atoms with van der Waals surface area (Å²) < 4.78 is 27.5. The van der Waals surface area contributed by atoms with Gasteiger partial charge in [0.1, 0.15) is 6.17 Å². The molecule has 5 rings (SSSR count). The Kier molecular flexibility index (Phi) is 5.91. The Hall–Kier alpha value is -3.16. The van der Waals surface area contributed by atoms with Crippen molar-refractivity contribution in [3.05, 3.63) is 95.6 Å². The lowest BCUT2D eigenvalue weighted by molar-refractivity contribution is 0.0728. The fraction of sp³-hybridized carbons (Fsp3) is 0.269. The first kappa shape index (κ1) is 21.7. The minimum absolute atomic E-state index is 0.0174. The highest BCUT2D eigenvalue weighted by molar-refractivity contribution is 7.89. The van der Waals surface area contributed by atoms with Crippen LogP contribution in [0.15, 0.2) is 83.8 Å². The SMILES string of the molecule is O=C1c2ccccc2[C@H](Nc2ccc(S(=O)(=O)N3CCCCC3)cc2)N1Cc1ccccc1. The van der Waals surface area contributed by atoms with Crippen molar-refractivity contribution < 1.29 is 13.2 Å². The quantitative estimate of drug-likeness (QED) is 0.581. The molecule has 0 radical (unpaired) electrons. The zero-order valence-corrected chi connectivity index (χ0v) is 19.2. The molecule has 1 fully saturated rings. The molecule has 1 N–H and O–H groups in total. The van der Waals surface area contributed by atoms with Gasteiger partial charge in [-0.15, -0.1) is 0 Å². The fourth-order valence-corrected chi connectivity index (χ4v) is 6.12. The van der Waals surface area contributed by atoms with Gasteiger partial charge in [-0.1, -0.05) is 55.0 Å². The van der Waals surface area contributed by atoms with E-state index in [9.17, 15) is 13.2 Å². The molecule has 1 saturated heterocycles. The summed E-state index contributed by atoms with van der Waals surface area (Å²) in [5.74, 6) is -0.0174. The molecule has 3 aromatic carbocycles. The van der Waals surface area contributed by atoms with Crippen LogP contribution in [0.3, 0.4) is 0 Å². The predicted octanol–water partition coefficient (Wildman–Crippen LogP) is 4.63. The maximum Gasteiger partial charge on any atom is 0.256 e. The lowest BCUT2D eigenvalue weighted by Crippen LogP contribution is -2.35. The number of rotatable bonds is 6. The maximum atomic E-state index is 13.2. The number of fused-ring (bicyclic) bond motifs is 1. The first-order valence-electron chi connectivity index (χ1n) is 11.3. The normalized spacial score (nSPS) is 18.8. The van der Waals surface area contributed by atoms with Crippen LogP contribution in [0.25, 0.3) is 0 Å². The Morgan fingerprint density at radius 1 is 0.818 bits per heavy atom. The number of carbonyl (C=O) groups excluding carboxylic acids is 1. The van der Waals surface area contributed by atoms with Crippen LogP contribution in [-0.4, -0.2) is 36.6 Å². The standard InChI is InChI=1S/C26H27N3O3S/c30-26-24-12-6-5-11-23(24)25(29(26)19-20-9-3-1-4-10-20)27-21-13-15-22(16-14-21)33(31,32)28-17-7-2-8-18-28/h1,3-6,9-16,25,27H,2,7-8,17-19H2/t25-/m1/s1. The Balaban J connectivity index is 1.40. The smallest absolute Gasteiger partial charge is 0.256 e. The van der Waals surface area contributed by atoms with Crippen LogP contribution in [-0.2, 0) is 16.6 Å². The highest BCUT2D eigenvalue weighted by Gasteiger charge is 2.36. The number of sulfonamides is 1. The predicted molar refractivity (Wildman–Crippen MR) is 128 cm³/mol. The van der Waals surface area contributed by atoms with Gasteiger partial charge in [-0.2, -0.15) is 4.31 Å². The van der Waals surface area contributed by atoms with Gasteiger partial charge in [-0.25, -0.2) is 8.42 Å². The van der Waals surface area contributed by atoms with Crippen molar-refractivity contribution >= 4 is 21.6 Å². The van der Waals surface area contributed by atoms with Crippen LogP contribution in [0.2, 0.25) is 0 Å². The van der Waals surface area contributed by atoms with Crippen molar-refractivity contribution in [3.8, 4) is 0 Å². The minimum Gasteiger partial charge on any atom is -0.361 e. The van der Waals surface area contributed by atoms with Crippen molar-refractivity contribution in [1.29, 1.82) is 0 Å². The van der Waals surface area contributed by atoms with E-state index in [4.69, 9.17) is 0 Å². The van der Waals surface area contributed by atoms with Crippen molar-refractivity contribution in [3.63, 3.8) is 0 Å². The number of nitrogens with zero attached hydrogens (tertiary/aromatic N) is 2. The molecule has 6 nitrogen and oxygen atoms in total. The Morgan fingerprint density at radius 3 is 2.21 bits per heavy atom.